The summed E-state index contributed by atoms with van der Waals surface area (Å²) in [4.78, 5) is 20.2. The quantitative estimate of drug-likeness (QED) is 0.618. The highest BCUT2D eigenvalue weighted by atomic mass is 16.4. The second kappa shape index (κ2) is 5.90. The van der Waals surface area contributed by atoms with Crippen LogP contribution in [0.5, 0.6) is 0 Å². The van der Waals surface area contributed by atoms with Gasteiger partial charge in [0.1, 0.15) is 11.1 Å². The van der Waals surface area contributed by atoms with Gasteiger partial charge in [-0.15, -0.1) is 0 Å². The molecule has 6 nitrogen and oxygen atoms in total. The highest BCUT2D eigenvalue weighted by Crippen LogP contribution is 2.33. The number of carbonyl (C=O) groups is 1. The van der Waals surface area contributed by atoms with Crippen LogP contribution in [0.2, 0.25) is 0 Å². The van der Waals surface area contributed by atoms with Crippen molar-refractivity contribution in [3.05, 3.63) is 54.6 Å². The number of rotatable bonds is 4. The lowest BCUT2D eigenvalue weighted by Crippen LogP contribution is -2.38. The monoisotopic (exact) mass is 332 g/mol. The molecule has 0 spiro atoms. The summed E-state index contributed by atoms with van der Waals surface area (Å²) in [5.41, 5.74) is 2.56. The van der Waals surface area contributed by atoms with Crippen molar-refractivity contribution < 1.29 is 14.3 Å². The van der Waals surface area contributed by atoms with Gasteiger partial charge in [0.05, 0.1) is 12.0 Å². The molecule has 0 amide bonds. The second-order valence-corrected chi connectivity index (χ2v) is 5.72. The van der Waals surface area contributed by atoms with Gasteiger partial charge in [0, 0.05) is 10.9 Å². The van der Waals surface area contributed by atoms with E-state index < -0.39 is 12.0 Å². The molecule has 0 radical (unpaired) electrons. The van der Waals surface area contributed by atoms with E-state index in [2.05, 4.69) is 15.3 Å². The second-order valence-electron chi connectivity index (χ2n) is 5.72. The number of carboxylic acid groups (broad SMARTS) is 1. The van der Waals surface area contributed by atoms with Gasteiger partial charge in [-0.1, -0.05) is 42.5 Å². The van der Waals surface area contributed by atoms with E-state index in [9.17, 15) is 9.90 Å². The molecule has 1 atom stereocenters. The van der Waals surface area contributed by atoms with E-state index in [1.807, 2.05) is 54.6 Å². The Hall–Kier alpha value is -3.41. The van der Waals surface area contributed by atoms with E-state index in [-0.39, 0.29) is 0 Å². The number of hydrogen-bond donors (Lipinski definition) is 1. The first-order valence-electron chi connectivity index (χ1n) is 7.85. The molecule has 0 aliphatic carbocycles. The molecule has 4 aromatic rings. The molecule has 124 valence electrons. The van der Waals surface area contributed by atoms with Crippen LogP contribution in [-0.4, -0.2) is 22.0 Å². The van der Waals surface area contributed by atoms with E-state index in [1.165, 1.54) is 6.92 Å². The van der Waals surface area contributed by atoms with Crippen LogP contribution < -0.4 is 10.4 Å². The molecule has 2 aromatic carbocycles. The normalized spacial score (nSPS) is 12.4. The van der Waals surface area contributed by atoms with E-state index in [0.717, 1.165) is 10.9 Å². The maximum atomic E-state index is 11.1. The number of nitrogens with one attached hydrogen (secondary N) is 1. The summed E-state index contributed by atoms with van der Waals surface area (Å²) in [5.74, 6) is -0.395. The first-order chi connectivity index (χ1) is 12.1. The van der Waals surface area contributed by atoms with Gasteiger partial charge in [0.2, 0.25) is 0 Å². The molecular formula is C19H14N3O3-. The third-order valence-corrected chi connectivity index (χ3v) is 3.96. The van der Waals surface area contributed by atoms with E-state index in [0.29, 0.717) is 28.3 Å². The maximum Gasteiger partial charge on any atom is 0.196 e. The van der Waals surface area contributed by atoms with Gasteiger partial charge in [-0.25, -0.2) is 9.97 Å². The Morgan fingerprint density at radius 3 is 2.56 bits per heavy atom. The standard InChI is InChI=1S/C19H15N3O3/c1-11(19(23)24)20-18-16-15(13-9-5-6-10-14(13)25-16)21-17(22-18)12-7-3-2-4-8-12/h2-11H,1H3,(H,23,24)(H,20,21,22)/p-1/t11-/m1/s1. The van der Waals surface area contributed by atoms with Crippen LogP contribution in [0.3, 0.4) is 0 Å². The lowest BCUT2D eigenvalue weighted by atomic mass is 10.2. The SMILES string of the molecule is C[C@@H](Nc1nc(-c2ccccc2)nc2c1oc1ccccc12)C(=O)[O-]. The highest BCUT2D eigenvalue weighted by Gasteiger charge is 2.17. The predicted molar refractivity (Wildman–Crippen MR) is 92.8 cm³/mol. The summed E-state index contributed by atoms with van der Waals surface area (Å²) < 4.78 is 5.85. The average molecular weight is 332 g/mol. The Morgan fingerprint density at radius 2 is 1.80 bits per heavy atom. The van der Waals surface area contributed by atoms with Crippen molar-refractivity contribution in [2.24, 2.45) is 0 Å². The van der Waals surface area contributed by atoms with Crippen molar-refractivity contribution in [2.45, 2.75) is 13.0 Å². The highest BCUT2D eigenvalue weighted by molar-refractivity contribution is 6.06. The molecule has 0 aliphatic heterocycles. The minimum atomic E-state index is -1.22. The number of nitrogens with zero attached hydrogens (tertiary/aromatic N) is 2. The number of hydrogen-bond acceptors (Lipinski definition) is 6. The zero-order chi connectivity index (χ0) is 17.4. The molecule has 0 bridgehead atoms. The van der Waals surface area contributed by atoms with Crippen LogP contribution in [0, 0.1) is 0 Å². The van der Waals surface area contributed by atoms with Crippen molar-refractivity contribution in [1.82, 2.24) is 9.97 Å². The van der Waals surface area contributed by atoms with Gasteiger partial charge < -0.3 is 19.6 Å². The maximum absolute atomic E-state index is 11.1. The van der Waals surface area contributed by atoms with E-state index in [4.69, 9.17) is 4.42 Å². The van der Waals surface area contributed by atoms with Crippen LogP contribution in [0.4, 0.5) is 5.82 Å². The van der Waals surface area contributed by atoms with E-state index in [1.54, 1.807) is 0 Å². The molecule has 0 saturated carbocycles. The smallest absolute Gasteiger partial charge is 0.196 e. The van der Waals surface area contributed by atoms with Crippen LogP contribution in [-0.2, 0) is 4.79 Å². The molecule has 6 heteroatoms. The molecule has 1 N–H and O–H groups in total. The summed E-state index contributed by atoms with van der Waals surface area (Å²) in [7, 11) is 0. The molecule has 0 aliphatic rings. The Morgan fingerprint density at radius 1 is 1.08 bits per heavy atom. The molecule has 0 fully saturated rings. The Kier molecular flexibility index (Phi) is 3.57. The van der Waals surface area contributed by atoms with Gasteiger partial charge in [-0.05, 0) is 19.1 Å². The van der Waals surface area contributed by atoms with Gasteiger partial charge in [-0.3, -0.25) is 0 Å². The number of carboxylic acids is 1. The van der Waals surface area contributed by atoms with E-state index >= 15 is 0 Å². The Labute approximate surface area is 143 Å². The van der Waals surface area contributed by atoms with Crippen LogP contribution >= 0.6 is 0 Å². The van der Waals surface area contributed by atoms with Crippen molar-refractivity contribution in [3.8, 4) is 11.4 Å². The summed E-state index contributed by atoms with van der Waals surface area (Å²) >= 11 is 0. The molecule has 2 heterocycles. The zero-order valence-corrected chi connectivity index (χ0v) is 13.4. The summed E-state index contributed by atoms with van der Waals surface area (Å²) in [6, 6.07) is 16.1. The Bertz CT molecular complexity index is 1070. The van der Waals surface area contributed by atoms with Crippen LogP contribution in [0.1, 0.15) is 6.92 Å². The topological polar surface area (TPSA) is 91.1 Å². The van der Waals surface area contributed by atoms with Crippen LogP contribution in [0.25, 0.3) is 33.5 Å². The van der Waals surface area contributed by atoms with Crippen molar-refractivity contribution in [1.29, 1.82) is 0 Å². The fourth-order valence-electron chi connectivity index (χ4n) is 2.67. The van der Waals surface area contributed by atoms with Crippen molar-refractivity contribution >= 4 is 33.9 Å². The number of furan rings is 1. The fraction of sp³-hybridized carbons (Fsp3) is 0.105. The first kappa shape index (κ1) is 15.1. The Balaban J connectivity index is 1.98. The molecule has 0 unspecified atom stereocenters. The lowest BCUT2D eigenvalue weighted by molar-refractivity contribution is -0.306. The summed E-state index contributed by atoms with van der Waals surface area (Å²) in [6.45, 7) is 1.49. The van der Waals surface area contributed by atoms with Gasteiger partial charge in [0.25, 0.3) is 0 Å². The van der Waals surface area contributed by atoms with Gasteiger partial charge in [-0.2, -0.15) is 0 Å². The minimum absolute atomic E-state index is 0.330. The third-order valence-electron chi connectivity index (χ3n) is 3.96. The minimum Gasteiger partial charge on any atom is -0.548 e. The molecule has 4 rings (SSSR count). The molecule has 2 aromatic heterocycles. The van der Waals surface area contributed by atoms with Gasteiger partial charge >= 0.3 is 0 Å². The molecular weight excluding hydrogens is 318 g/mol. The third kappa shape index (κ3) is 2.67. The summed E-state index contributed by atoms with van der Waals surface area (Å²) in [6.07, 6.45) is 0. The number of anilines is 1. The fourth-order valence-corrected chi connectivity index (χ4v) is 2.67. The zero-order valence-electron chi connectivity index (χ0n) is 13.4. The average Bonchev–Trinajstić information content (AvgIpc) is 3.01. The number of aliphatic carboxylic acids is 1. The number of carbonyl (C=O) groups excluding carboxylic acids is 1. The number of fused-ring (bicyclic) bond motifs is 3. The lowest BCUT2D eigenvalue weighted by Gasteiger charge is -2.15. The molecule has 25 heavy (non-hydrogen) atoms. The largest absolute Gasteiger partial charge is 0.548 e. The molecule has 0 saturated heterocycles. The number of benzene rings is 2. The summed E-state index contributed by atoms with van der Waals surface area (Å²) in [5, 5.41) is 14.8. The van der Waals surface area contributed by atoms with Crippen molar-refractivity contribution in [3.63, 3.8) is 0 Å². The van der Waals surface area contributed by atoms with Crippen LogP contribution in [0.15, 0.2) is 59.0 Å². The number of para-hydroxylation sites is 1. The first-order valence-corrected chi connectivity index (χ1v) is 7.85. The number of aromatic nitrogens is 2. The predicted octanol–water partition coefficient (Wildman–Crippen LogP) is 2.59. The van der Waals surface area contributed by atoms with Gasteiger partial charge in [0.15, 0.2) is 17.2 Å². The van der Waals surface area contributed by atoms with Crippen molar-refractivity contribution in [2.75, 3.05) is 5.32 Å².